The van der Waals surface area contributed by atoms with Crippen LogP contribution >= 0.6 is 0 Å². The number of nitrogens with one attached hydrogen (secondary N) is 1. The van der Waals surface area contributed by atoms with Crippen LogP contribution in [-0.2, 0) is 16.0 Å². The summed E-state index contributed by atoms with van der Waals surface area (Å²) in [5.74, 6) is -1.26. The molecule has 1 heterocycles. The van der Waals surface area contributed by atoms with Crippen molar-refractivity contribution in [2.75, 3.05) is 13.1 Å². The Hall–Kier alpha value is -2.21. The van der Waals surface area contributed by atoms with E-state index >= 15 is 0 Å². The number of hydrogen-bond donors (Lipinski definition) is 2. The number of benzene rings is 1. The predicted molar refractivity (Wildman–Crippen MR) is 77.5 cm³/mol. The molecular formula is C15H19N3O3. The molecule has 3 N–H and O–H groups in total. The molecule has 0 atom stereocenters. The molecule has 3 amide bonds. The highest BCUT2D eigenvalue weighted by atomic mass is 16.2. The molecule has 1 saturated heterocycles. The van der Waals surface area contributed by atoms with Gasteiger partial charge in [-0.2, -0.15) is 0 Å². The van der Waals surface area contributed by atoms with Gasteiger partial charge in [-0.05, 0) is 38.4 Å². The summed E-state index contributed by atoms with van der Waals surface area (Å²) in [6, 6.07) is 7.12. The number of imide groups is 1. The van der Waals surface area contributed by atoms with E-state index in [4.69, 9.17) is 5.73 Å². The maximum Gasteiger partial charge on any atom is 0.255 e. The van der Waals surface area contributed by atoms with Crippen molar-refractivity contribution in [2.45, 2.75) is 25.8 Å². The van der Waals surface area contributed by atoms with Crippen molar-refractivity contribution in [3.63, 3.8) is 0 Å². The van der Waals surface area contributed by atoms with Gasteiger partial charge in [-0.15, -0.1) is 0 Å². The van der Waals surface area contributed by atoms with Crippen LogP contribution in [0.3, 0.4) is 0 Å². The van der Waals surface area contributed by atoms with Crippen molar-refractivity contribution in [3.05, 3.63) is 35.4 Å². The second kappa shape index (κ2) is 5.65. The molecular weight excluding hydrogens is 270 g/mol. The van der Waals surface area contributed by atoms with E-state index in [0.717, 1.165) is 5.56 Å². The van der Waals surface area contributed by atoms with E-state index in [-0.39, 0.29) is 12.5 Å². The number of carbonyl (C=O) groups is 3. The fourth-order valence-corrected chi connectivity index (χ4v) is 2.36. The molecule has 112 valence electrons. The van der Waals surface area contributed by atoms with Gasteiger partial charge in [0.25, 0.3) is 11.8 Å². The summed E-state index contributed by atoms with van der Waals surface area (Å²) < 4.78 is 0. The molecule has 6 nitrogen and oxygen atoms in total. The van der Waals surface area contributed by atoms with E-state index < -0.39 is 17.4 Å². The van der Waals surface area contributed by atoms with Crippen molar-refractivity contribution in [3.8, 4) is 0 Å². The molecule has 0 unspecified atom stereocenters. The monoisotopic (exact) mass is 289 g/mol. The lowest BCUT2D eigenvalue weighted by molar-refractivity contribution is -0.143. The third-order valence-corrected chi connectivity index (χ3v) is 3.69. The summed E-state index contributed by atoms with van der Waals surface area (Å²) >= 11 is 0. The standard InChI is InChI=1S/C15H19N3O3/c1-15(2)14(21)17-12(19)9-18(15)13(20)11-6-4-3-5-10(11)7-8-16/h3-6H,7-9,16H2,1-2H3,(H,17,19,21). The van der Waals surface area contributed by atoms with Gasteiger partial charge in [0.2, 0.25) is 5.91 Å². The highest BCUT2D eigenvalue weighted by molar-refractivity contribution is 6.09. The van der Waals surface area contributed by atoms with E-state index in [2.05, 4.69) is 5.32 Å². The quantitative estimate of drug-likeness (QED) is 0.770. The van der Waals surface area contributed by atoms with E-state index in [0.29, 0.717) is 18.5 Å². The van der Waals surface area contributed by atoms with Gasteiger partial charge in [-0.1, -0.05) is 18.2 Å². The Morgan fingerprint density at radius 2 is 2.00 bits per heavy atom. The minimum absolute atomic E-state index is 0.130. The molecule has 0 bridgehead atoms. The number of carbonyl (C=O) groups excluding carboxylic acids is 3. The van der Waals surface area contributed by atoms with Crippen LogP contribution in [0.15, 0.2) is 24.3 Å². The highest BCUT2D eigenvalue weighted by Gasteiger charge is 2.43. The third kappa shape index (κ3) is 2.80. The van der Waals surface area contributed by atoms with E-state index in [1.807, 2.05) is 12.1 Å². The van der Waals surface area contributed by atoms with Crippen molar-refractivity contribution >= 4 is 17.7 Å². The van der Waals surface area contributed by atoms with Crippen molar-refractivity contribution in [1.29, 1.82) is 0 Å². The first-order chi connectivity index (χ1) is 9.87. The molecule has 2 rings (SSSR count). The van der Waals surface area contributed by atoms with Gasteiger partial charge in [0.15, 0.2) is 0 Å². The molecule has 6 heteroatoms. The largest absolute Gasteiger partial charge is 0.330 e. The molecule has 1 fully saturated rings. The Morgan fingerprint density at radius 1 is 1.33 bits per heavy atom. The van der Waals surface area contributed by atoms with E-state index in [9.17, 15) is 14.4 Å². The molecule has 1 aliphatic heterocycles. The Labute approximate surface area is 123 Å². The third-order valence-electron chi connectivity index (χ3n) is 3.69. The van der Waals surface area contributed by atoms with Gasteiger partial charge >= 0.3 is 0 Å². The summed E-state index contributed by atoms with van der Waals surface area (Å²) in [6.07, 6.45) is 0.566. The van der Waals surface area contributed by atoms with Gasteiger partial charge < -0.3 is 10.6 Å². The number of hydrogen-bond acceptors (Lipinski definition) is 4. The van der Waals surface area contributed by atoms with Crippen LogP contribution in [0.4, 0.5) is 0 Å². The first-order valence-electron chi connectivity index (χ1n) is 6.82. The summed E-state index contributed by atoms with van der Waals surface area (Å²) in [4.78, 5) is 37.6. The van der Waals surface area contributed by atoms with E-state index in [1.165, 1.54) is 4.90 Å². The van der Waals surface area contributed by atoms with Crippen molar-refractivity contribution in [2.24, 2.45) is 5.73 Å². The van der Waals surface area contributed by atoms with Crippen LogP contribution in [-0.4, -0.2) is 41.2 Å². The molecule has 0 aromatic heterocycles. The normalized spacial score (nSPS) is 17.6. The average Bonchev–Trinajstić information content (AvgIpc) is 2.43. The molecule has 1 aromatic rings. The van der Waals surface area contributed by atoms with Crippen LogP contribution in [0, 0.1) is 0 Å². The van der Waals surface area contributed by atoms with Gasteiger partial charge in [0.1, 0.15) is 12.1 Å². The Morgan fingerprint density at radius 3 is 2.67 bits per heavy atom. The first-order valence-corrected chi connectivity index (χ1v) is 6.82. The van der Waals surface area contributed by atoms with Crippen LogP contribution < -0.4 is 11.1 Å². The summed E-state index contributed by atoms with van der Waals surface area (Å²) in [5, 5.41) is 2.25. The minimum Gasteiger partial charge on any atom is -0.330 e. The zero-order valence-corrected chi connectivity index (χ0v) is 12.2. The summed E-state index contributed by atoms with van der Waals surface area (Å²) in [7, 11) is 0. The molecule has 0 spiro atoms. The fourth-order valence-electron chi connectivity index (χ4n) is 2.36. The number of nitrogens with two attached hydrogens (primary N) is 1. The number of nitrogens with zero attached hydrogens (tertiary/aromatic N) is 1. The highest BCUT2D eigenvalue weighted by Crippen LogP contribution is 2.22. The predicted octanol–water partition coefficient (Wildman–Crippen LogP) is 0.0650. The lowest BCUT2D eigenvalue weighted by Crippen LogP contribution is -2.65. The second-order valence-corrected chi connectivity index (χ2v) is 5.52. The van der Waals surface area contributed by atoms with Gasteiger partial charge in [0, 0.05) is 5.56 Å². The van der Waals surface area contributed by atoms with E-state index in [1.54, 1.807) is 26.0 Å². The lowest BCUT2D eigenvalue weighted by Gasteiger charge is -2.40. The Bertz CT molecular complexity index is 596. The second-order valence-electron chi connectivity index (χ2n) is 5.52. The first kappa shape index (κ1) is 15.2. The zero-order valence-electron chi connectivity index (χ0n) is 12.2. The van der Waals surface area contributed by atoms with Crippen molar-refractivity contribution < 1.29 is 14.4 Å². The molecule has 0 saturated carbocycles. The zero-order chi connectivity index (χ0) is 15.6. The molecule has 0 radical (unpaired) electrons. The van der Waals surface area contributed by atoms with Gasteiger partial charge in [0.05, 0.1) is 0 Å². The topological polar surface area (TPSA) is 92.5 Å². The maximum absolute atomic E-state index is 12.8. The molecule has 21 heavy (non-hydrogen) atoms. The lowest BCUT2D eigenvalue weighted by atomic mass is 9.95. The SMILES string of the molecule is CC1(C)C(=O)NC(=O)CN1C(=O)c1ccccc1CCN. The van der Waals surface area contributed by atoms with Crippen molar-refractivity contribution in [1.82, 2.24) is 10.2 Å². The molecule has 1 aromatic carbocycles. The van der Waals surface area contributed by atoms with Crippen LogP contribution in [0.1, 0.15) is 29.8 Å². The maximum atomic E-state index is 12.8. The Kier molecular flexibility index (Phi) is 4.09. The van der Waals surface area contributed by atoms with Crippen LogP contribution in [0.25, 0.3) is 0 Å². The number of piperazine rings is 1. The number of rotatable bonds is 3. The molecule has 0 aliphatic carbocycles. The average molecular weight is 289 g/mol. The van der Waals surface area contributed by atoms with Crippen LogP contribution in [0.5, 0.6) is 0 Å². The number of amides is 3. The minimum atomic E-state index is -1.07. The van der Waals surface area contributed by atoms with Crippen LogP contribution in [0.2, 0.25) is 0 Å². The van der Waals surface area contributed by atoms with Gasteiger partial charge in [-0.3, -0.25) is 19.7 Å². The fraction of sp³-hybridized carbons (Fsp3) is 0.400. The smallest absolute Gasteiger partial charge is 0.255 e. The summed E-state index contributed by atoms with van der Waals surface area (Å²) in [5.41, 5.74) is 5.80. The summed E-state index contributed by atoms with van der Waals surface area (Å²) in [6.45, 7) is 3.54. The Balaban J connectivity index is 2.39. The van der Waals surface area contributed by atoms with Gasteiger partial charge in [-0.25, -0.2) is 0 Å². The molecule has 1 aliphatic rings.